The van der Waals surface area contributed by atoms with Gasteiger partial charge in [-0.1, -0.05) is 18.5 Å². The molecule has 2 heterocycles. The Bertz CT molecular complexity index is 533. The van der Waals surface area contributed by atoms with Gasteiger partial charge in [0.25, 0.3) is 0 Å². The highest BCUT2D eigenvalue weighted by Gasteiger charge is 2.07. The van der Waals surface area contributed by atoms with Crippen LogP contribution in [-0.2, 0) is 6.42 Å². The zero-order valence-corrected chi connectivity index (χ0v) is 10.8. The minimum absolute atomic E-state index is 0.464. The number of halogens is 1. The highest BCUT2D eigenvalue weighted by molar-refractivity contribution is 7.99. The first-order chi connectivity index (χ1) is 8.19. The van der Waals surface area contributed by atoms with Crippen LogP contribution >= 0.6 is 23.4 Å². The summed E-state index contributed by atoms with van der Waals surface area (Å²) in [6, 6.07) is 5.30. The van der Waals surface area contributed by atoms with Crippen LogP contribution in [0, 0.1) is 0 Å². The Morgan fingerprint density at radius 1 is 1.41 bits per heavy atom. The molecule has 2 N–H and O–H groups in total. The van der Waals surface area contributed by atoms with Gasteiger partial charge < -0.3 is 5.73 Å². The molecule has 0 aliphatic heterocycles. The first-order valence-corrected chi connectivity index (χ1v) is 6.30. The molecule has 0 saturated heterocycles. The molecule has 88 valence electrons. The maximum atomic E-state index is 6.03. The van der Waals surface area contributed by atoms with Crippen molar-refractivity contribution in [1.82, 2.24) is 15.0 Å². The van der Waals surface area contributed by atoms with E-state index in [0.29, 0.717) is 15.9 Å². The molecule has 6 heteroatoms. The number of rotatable bonds is 3. The molecule has 0 aliphatic rings. The van der Waals surface area contributed by atoms with Crippen LogP contribution in [0.3, 0.4) is 0 Å². The molecule has 4 nitrogen and oxygen atoms in total. The minimum Gasteiger partial charge on any atom is -0.384 e. The topological polar surface area (TPSA) is 64.7 Å². The van der Waals surface area contributed by atoms with Crippen LogP contribution in [0.4, 0.5) is 5.82 Å². The van der Waals surface area contributed by atoms with E-state index in [2.05, 4.69) is 15.0 Å². The smallest absolute Gasteiger partial charge is 0.131 e. The van der Waals surface area contributed by atoms with Crippen molar-refractivity contribution in [3.05, 3.63) is 35.2 Å². The van der Waals surface area contributed by atoms with Crippen molar-refractivity contribution in [3.8, 4) is 0 Å². The molecule has 0 atom stereocenters. The molecule has 0 unspecified atom stereocenters. The second-order valence-electron chi connectivity index (χ2n) is 3.29. The van der Waals surface area contributed by atoms with Crippen molar-refractivity contribution in [1.29, 1.82) is 0 Å². The van der Waals surface area contributed by atoms with E-state index in [1.54, 1.807) is 24.4 Å². The van der Waals surface area contributed by atoms with Gasteiger partial charge in [-0.2, -0.15) is 0 Å². The fourth-order valence-corrected chi connectivity index (χ4v) is 2.29. The van der Waals surface area contributed by atoms with Gasteiger partial charge in [-0.05, 0) is 23.9 Å². The molecule has 0 fully saturated rings. The van der Waals surface area contributed by atoms with E-state index in [9.17, 15) is 0 Å². The second kappa shape index (κ2) is 5.33. The maximum absolute atomic E-state index is 6.03. The Morgan fingerprint density at radius 3 is 2.94 bits per heavy atom. The molecular weight excluding hydrogens is 256 g/mol. The Kier molecular flexibility index (Phi) is 3.81. The van der Waals surface area contributed by atoms with Gasteiger partial charge in [-0.15, -0.1) is 0 Å². The Morgan fingerprint density at radius 2 is 2.24 bits per heavy atom. The first-order valence-electron chi connectivity index (χ1n) is 5.11. The van der Waals surface area contributed by atoms with Gasteiger partial charge >= 0.3 is 0 Å². The number of hydrogen-bond acceptors (Lipinski definition) is 5. The molecule has 0 amide bonds. The summed E-state index contributed by atoms with van der Waals surface area (Å²) in [5.41, 5.74) is 5.71. The highest BCUT2D eigenvalue weighted by atomic mass is 35.5. The van der Waals surface area contributed by atoms with Crippen LogP contribution in [0.1, 0.15) is 12.7 Å². The monoisotopic (exact) mass is 266 g/mol. The van der Waals surface area contributed by atoms with Crippen LogP contribution in [0.15, 0.2) is 34.4 Å². The van der Waals surface area contributed by atoms with Gasteiger partial charge in [0.1, 0.15) is 21.7 Å². The molecule has 0 aromatic carbocycles. The third-order valence-corrected chi connectivity index (χ3v) is 3.36. The normalized spacial score (nSPS) is 10.5. The van der Waals surface area contributed by atoms with Crippen molar-refractivity contribution < 1.29 is 0 Å². The van der Waals surface area contributed by atoms with Crippen molar-refractivity contribution >= 4 is 29.2 Å². The van der Waals surface area contributed by atoms with Gasteiger partial charge in [-0.25, -0.2) is 15.0 Å². The zero-order chi connectivity index (χ0) is 12.3. The molecule has 17 heavy (non-hydrogen) atoms. The first kappa shape index (κ1) is 12.1. The third kappa shape index (κ3) is 3.08. The lowest BCUT2D eigenvalue weighted by Gasteiger charge is -2.04. The molecular formula is C11H11ClN4S. The molecule has 2 rings (SSSR count). The standard InChI is InChI=1S/C11H11ClN4S/c1-2-9-15-8(13)6-10(16-9)17-11-7(12)4-3-5-14-11/h3-6H,2H2,1H3,(H2,13,15,16). The van der Waals surface area contributed by atoms with Gasteiger partial charge in [-0.3, -0.25) is 0 Å². The molecule has 0 saturated carbocycles. The molecule has 2 aromatic rings. The number of aryl methyl sites for hydroxylation is 1. The highest BCUT2D eigenvalue weighted by Crippen LogP contribution is 2.30. The molecule has 2 aromatic heterocycles. The van der Waals surface area contributed by atoms with Gasteiger partial charge in [0.15, 0.2) is 0 Å². The average molecular weight is 267 g/mol. The van der Waals surface area contributed by atoms with Crippen LogP contribution in [0.5, 0.6) is 0 Å². The van der Waals surface area contributed by atoms with Crippen LogP contribution in [0.25, 0.3) is 0 Å². The van der Waals surface area contributed by atoms with Crippen LogP contribution < -0.4 is 5.73 Å². The van der Waals surface area contributed by atoms with Crippen LogP contribution in [-0.4, -0.2) is 15.0 Å². The summed E-state index contributed by atoms with van der Waals surface area (Å²) in [5.74, 6) is 1.19. The SMILES string of the molecule is CCc1nc(N)cc(Sc2ncccc2Cl)n1. The number of nitrogens with zero attached hydrogens (tertiary/aromatic N) is 3. The van der Waals surface area contributed by atoms with Crippen molar-refractivity contribution in [2.24, 2.45) is 0 Å². The summed E-state index contributed by atoms with van der Waals surface area (Å²) in [5, 5.41) is 2.08. The van der Waals surface area contributed by atoms with Crippen LogP contribution in [0.2, 0.25) is 5.02 Å². The quantitative estimate of drug-likeness (QED) is 0.866. The summed E-state index contributed by atoms with van der Waals surface area (Å²) >= 11 is 7.41. The van der Waals surface area contributed by atoms with Crippen molar-refractivity contribution in [2.45, 2.75) is 23.4 Å². The van der Waals surface area contributed by atoms with Gasteiger partial charge in [0.2, 0.25) is 0 Å². The fourth-order valence-electron chi connectivity index (χ4n) is 1.25. The fraction of sp³-hybridized carbons (Fsp3) is 0.182. The molecule has 0 radical (unpaired) electrons. The minimum atomic E-state index is 0.464. The number of anilines is 1. The Labute approximate surface area is 109 Å². The number of nitrogen functional groups attached to an aromatic ring is 1. The largest absolute Gasteiger partial charge is 0.384 e. The molecule has 0 spiro atoms. The molecule has 0 bridgehead atoms. The van der Waals surface area contributed by atoms with E-state index in [-0.39, 0.29) is 0 Å². The lowest BCUT2D eigenvalue weighted by atomic mass is 10.4. The average Bonchev–Trinajstić information content (AvgIpc) is 2.31. The molecule has 0 aliphatic carbocycles. The number of nitrogens with two attached hydrogens (primary N) is 1. The van der Waals surface area contributed by atoms with E-state index in [1.165, 1.54) is 11.8 Å². The summed E-state index contributed by atoms with van der Waals surface area (Å²) in [6.45, 7) is 1.98. The predicted octanol–water partition coefficient (Wildman–Crippen LogP) is 2.82. The second-order valence-corrected chi connectivity index (χ2v) is 4.71. The van der Waals surface area contributed by atoms with Crippen molar-refractivity contribution in [3.63, 3.8) is 0 Å². The van der Waals surface area contributed by atoms with E-state index in [0.717, 1.165) is 17.3 Å². The van der Waals surface area contributed by atoms with E-state index < -0.39 is 0 Å². The predicted molar refractivity (Wildman–Crippen MR) is 69.2 cm³/mol. The summed E-state index contributed by atoms with van der Waals surface area (Å²) in [6.07, 6.45) is 2.44. The number of hydrogen-bond donors (Lipinski definition) is 1. The van der Waals surface area contributed by atoms with E-state index in [4.69, 9.17) is 17.3 Å². The Balaban J connectivity index is 2.30. The Hall–Kier alpha value is -1.33. The van der Waals surface area contributed by atoms with E-state index in [1.807, 2.05) is 6.92 Å². The lowest BCUT2D eigenvalue weighted by Crippen LogP contribution is -1.99. The zero-order valence-electron chi connectivity index (χ0n) is 9.22. The van der Waals surface area contributed by atoms with E-state index >= 15 is 0 Å². The number of pyridine rings is 1. The summed E-state index contributed by atoms with van der Waals surface area (Å²) in [7, 11) is 0. The summed E-state index contributed by atoms with van der Waals surface area (Å²) < 4.78 is 0. The van der Waals surface area contributed by atoms with Gasteiger partial charge in [0.05, 0.1) is 5.02 Å². The lowest BCUT2D eigenvalue weighted by molar-refractivity contribution is 0.893. The van der Waals surface area contributed by atoms with Crippen molar-refractivity contribution in [2.75, 3.05) is 5.73 Å². The number of aromatic nitrogens is 3. The summed E-state index contributed by atoms with van der Waals surface area (Å²) in [4.78, 5) is 12.7. The maximum Gasteiger partial charge on any atom is 0.131 e. The van der Waals surface area contributed by atoms with Gasteiger partial charge in [0, 0.05) is 18.7 Å². The third-order valence-electron chi connectivity index (χ3n) is 2.01.